The summed E-state index contributed by atoms with van der Waals surface area (Å²) < 4.78 is 5.15. The van der Waals surface area contributed by atoms with E-state index in [2.05, 4.69) is 31.1 Å². The summed E-state index contributed by atoms with van der Waals surface area (Å²) >= 11 is 7.81. The van der Waals surface area contributed by atoms with Gasteiger partial charge < -0.3 is 4.74 Å². The quantitative estimate of drug-likeness (QED) is 0.791. The number of ether oxygens (including phenoxy) is 1. The third-order valence-corrected chi connectivity index (χ3v) is 4.16. The van der Waals surface area contributed by atoms with Crippen molar-refractivity contribution in [2.75, 3.05) is 7.11 Å². The highest BCUT2D eigenvalue weighted by atomic mass is 35.5. The molecule has 0 aliphatic heterocycles. The molecule has 0 amide bonds. The van der Waals surface area contributed by atoms with Crippen molar-refractivity contribution in [2.24, 2.45) is 0 Å². The SMILES string of the molecule is COc1ccc(-c2csc(C(C)(C)C)n2)cc1Cl. The monoisotopic (exact) mass is 281 g/mol. The van der Waals surface area contributed by atoms with Crippen molar-refractivity contribution >= 4 is 22.9 Å². The first-order valence-electron chi connectivity index (χ1n) is 5.72. The third-order valence-electron chi connectivity index (χ3n) is 2.59. The Labute approximate surface area is 117 Å². The van der Waals surface area contributed by atoms with E-state index in [0.29, 0.717) is 10.8 Å². The van der Waals surface area contributed by atoms with Crippen molar-refractivity contribution in [2.45, 2.75) is 26.2 Å². The lowest BCUT2D eigenvalue weighted by Gasteiger charge is -2.13. The van der Waals surface area contributed by atoms with E-state index in [0.717, 1.165) is 16.3 Å². The van der Waals surface area contributed by atoms with Crippen LogP contribution in [-0.4, -0.2) is 12.1 Å². The number of benzene rings is 1. The van der Waals surface area contributed by atoms with Crippen LogP contribution in [0.15, 0.2) is 23.6 Å². The minimum Gasteiger partial charge on any atom is -0.495 e. The fourth-order valence-corrected chi connectivity index (χ4v) is 2.75. The van der Waals surface area contributed by atoms with Gasteiger partial charge in [0.2, 0.25) is 0 Å². The molecule has 0 bridgehead atoms. The molecule has 1 heterocycles. The second-order valence-electron chi connectivity index (χ2n) is 5.14. The number of nitrogens with zero attached hydrogens (tertiary/aromatic N) is 1. The van der Waals surface area contributed by atoms with Crippen LogP contribution >= 0.6 is 22.9 Å². The molecule has 0 unspecified atom stereocenters. The lowest BCUT2D eigenvalue weighted by molar-refractivity contribution is 0.415. The van der Waals surface area contributed by atoms with Crippen molar-refractivity contribution < 1.29 is 4.74 Å². The topological polar surface area (TPSA) is 22.1 Å². The van der Waals surface area contributed by atoms with Crippen LogP contribution in [0.4, 0.5) is 0 Å². The van der Waals surface area contributed by atoms with Crippen LogP contribution in [0.5, 0.6) is 5.75 Å². The maximum atomic E-state index is 6.13. The first-order chi connectivity index (χ1) is 8.41. The summed E-state index contributed by atoms with van der Waals surface area (Å²) in [5.74, 6) is 0.687. The Balaban J connectivity index is 2.38. The van der Waals surface area contributed by atoms with Crippen molar-refractivity contribution in [3.05, 3.63) is 33.6 Å². The van der Waals surface area contributed by atoms with Gasteiger partial charge in [-0.25, -0.2) is 4.98 Å². The number of methoxy groups -OCH3 is 1. The first kappa shape index (κ1) is 13.4. The molecule has 0 atom stereocenters. The van der Waals surface area contributed by atoms with Crippen LogP contribution in [-0.2, 0) is 5.41 Å². The summed E-state index contributed by atoms with van der Waals surface area (Å²) in [6.07, 6.45) is 0. The molecular weight excluding hydrogens is 266 g/mol. The molecule has 0 fully saturated rings. The maximum absolute atomic E-state index is 6.13. The predicted molar refractivity (Wildman–Crippen MR) is 77.8 cm³/mol. The minimum atomic E-state index is 0.0825. The molecule has 1 aromatic heterocycles. The number of hydrogen-bond donors (Lipinski definition) is 0. The largest absolute Gasteiger partial charge is 0.495 e. The zero-order valence-corrected chi connectivity index (χ0v) is 12.5. The summed E-state index contributed by atoms with van der Waals surface area (Å²) in [6.45, 7) is 6.49. The number of halogens is 1. The highest BCUT2D eigenvalue weighted by molar-refractivity contribution is 7.10. The standard InChI is InChI=1S/C14H16ClNOS/c1-14(2,3)13-16-11(8-18-13)9-5-6-12(17-4)10(15)7-9/h5-8H,1-4H3. The van der Waals surface area contributed by atoms with Crippen LogP contribution in [0.3, 0.4) is 0 Å². The Morgan fingerprint density at radius 1 is 1.28 bits per heavy atom. The van der Waals surface area contributed by atoms with Crippen LogP contribution in [0.1, 0.15) is 25.8 Å². The van der Waals surface area contributed by atoms with Gasteiger partial charge in [0, 0.05) is 16.4 Å². The molecule has 4 heteroatoms. The molecule has 0 aliphatic rings. The van der Waals surface area contributed by atoms with Crippen LogP contribution in [0.25, 0.3) is 11.3 Å². The molecule has 96 valence electrons. The first-order valence-corrected chi connectivity index (χ1v) is 6.97. The minimum absolute atomic E-state index is 0.0825. The van der Waals surface area contributed by atoms with Gasteiger partial charge in [0.05, 0.1) is 22.8 Å². The van der Waals surface area contributed by atoms with Gasteiger partial charge in [-0.2, -0.15) is 0 Å². The summed E-state index contributed by atoms with van der Waals surface area (Å²) in [7, 11) is 1.61. The zero-order chi connectivity index (χ0) is 13.3. The zero-order valence-electron chi connectivity index (χ0n) is 11.0. The molecule has 0 aliphatic carbocycles. The normalized spacial score (nSPS) is 11.6. The molecule has 1 aromatic carbocycles. The molecule has 0 radical (unpaired) electrons. The van der Waals surface area contributed by atoms with Crippen molar-refractivity contribution in [1.29, 1.82) is 0 Å². The summed E-state index contributed by atoms with van der Waals surface area (Å²) in [6, 6.07) is 5.74. The Morgan fingerprint density at radius 2 is 2.00 bits per heavy atom. The second kappa shape index (κ2) is 4.90. The second-order valence-corrected chi connectivity index (χ2v) is 6.40. The van der Waals surface area contributed by atoms with E-state index in [1.807, 2.05) is 18.2 Å². The molecular formula is C14H16ClNOS. The van der Waals surface area contributed by atoms with E-state index in [1.54, 1.807) is 18.4 Å². The Kier molecular flexibility index (Phi) is 3.64. The molecule has 0 saturated carbocycles. The Hall–Kier alpha value is -1.06. The van der Waals surface area contributed by atoms with Gasteiger partial charge in [-0.3, -0.25) is 0 Å². The number of thiazole rings is 1. The molecule has 2 nitrogen and oxygen atoms in total. The van der Waals surface area contributed by atoms with Crippen LogP contribution in [0.2, 0.25) is 5.02 Å². The van der Waals surface area contributed by atoms with Crippen molar-refractivity contribution in [1.82, 2.24) is 4.98 Å². The highest BCUT2D eigenvalue weighted by Gasteiger charge is 2.18. The average molecular weight is 282 g/mol. The van der Waals surface area contributed by atoms with Gasteiger partial charge >= 0.3 is 0 Å². The van der Waals surface area contributed by atoms with Gasteiger partial charge in [0.15, 0.2) is 0 Å². The summed E-state index contributed by atoms with van der Waals surface area (Å²) in [4.78, 5) is 4.67. The average Bonchev–Trinajstić information content (AvgIpc) is 2.77. The van der Waals surface area contributed by atoms with E-state index in [4.69, 9.17) is 16.3 Å². The number of rotatable bonds is 2. The van der Waals surface area contributed by atoms with E-state index in [9.17, 15) is 0 Å². The van der Waals surface area contributed by atoms with Crippen molar-refractivity contribution in [3.63, 3.8) is 0 Å². The molecule has 2 aromatic rings. The van der Waals surface area contributed by atoms with Gasteiger partial charge in [-0.15, -0.1) is 11.3 Å². The predicted octanol–water partition coefficient (Wildman–Crippen LogP) is 4.77. The molecule has 2 rings (SSSR count). The molecule has 0 spiro atoms. The fraction of sp³-hybridized carbons (Fsp3) is 0.357. The van der Waals surface area contributed by atoms with Crippen LogP contribution in [0, 0.1) is 0 Å². The summed E-state index contributed by atoms with van der Waals surface area (Å²) in [5.41, 5.74) is 2.07. The van der Waals surface area contributed by atoms with E-state index < -0.39 is 0 Å². The lowest BCUT2D eigenvalue weighted by atomic mass is 9.98. The van der Waals surface area contributed by atoms with Gasteiger partial charge in [-0.05, 0) is 18.2 Å². The van der Waals surface area contributed by atoms with Gasteiger partial charge in [0.25, 0.3) is 0 Å². The lowest BCUT2D eigenvalue weighted by Crippen LogP contribution is -2.10. The smallest absolute Gasteiger partial charge is 0.137 e. The van der Waals surface area contributed by atoms with E-state index in [-0.39, 0.29) is 5.41 Å². The number of aromatic nitrogens is 1. The molecule has 18 heavy (non-hydrogen) atoms. The Bertz CT molecular complexity index is 557. The summed E-state index contributed by atoms with van der Waals surface area (Å²) in [5, 5.41) is 3.81. The number of hydrogen-bond acceptors (Lipinski definition) is 3. The van der Waals surface area contributed by atoms with Gasteiger partial charge in [0.1, 0.15) is 5.75 Å². The molecule has 0 saturated heterocycles. The van der Waals surface area contributed by atoms with Crippen molar-refractivity contribution in [3.8, 4) is 17.0 Å². The van der Waals surface area contributed by atoms with Crippen LogP contribution < -0.4 is 4.74 Å². The third kappa shape index (κ3) is 2.68. The maximum Gasteiger partial charge on any atom is 0.137 e. The van der Waals surface area contributed by atoms with Gasteiger partial charge in [-0.1, -0.05) is 32.4 Å². The van der Waals surface area contributed by atoms with E-state index in [1.165, 1.54) is 0 Å². The Morgan fingerprint density at radius 3 is 2.50 bits per heavy atom. The fourth-order valence-electron chi connectivity index (χ4n) is 1.58. The highest BCUT2D eigenvalue weighted by Crippen LogP contribution is 2.33. The van der Waals surface area contributed by atoms with E-state index >= 15 is 0 Å². The molecule has 0 N–H and O–H groups in total.